The molecule has 135 heavy (non-hydrogen) atoms. The Bertz CT molecular complexity index is 6100. The molecular formula is C103H117F3N20O9. The third-order valence-electron chi connectivity index (χ3n) is 28.1. The van der Waals surface area contributed by atoms with E-state index in [4.69, 9.17) is 58.3 Å². The van der Waals surface area contributed by atoms with Crippen LogP contribution in [-0.2, 0) is 80.3 Å². The number of rotatable bonds is 30. The van der Waals surface area contributed by atoms with Crippen molar-refractivity contribution >= 4 is 84.6 Å². The molecule has 18 rings (SSSR count). The Hall–Kier alpha value is -12.8. The predicted octanol–water partition coefficient (Wildman–Crippen LogP) is 11.6. The lowest BCUT2D eigenvalue weighted by atomic mass is 9.95. The maximum Gasteiger partial charge on any atom is 0.318 e. The average molecular weight is 1840 g/mol. The standard InChI is InChI=1S/C103H117F3N20O9/c1-68-12-5-15-75-16-8-19-89(95(68)75)118-37-27-83-86(60-118)111-103(115-99(83)122-41-44-125(79(56-122)24-34-108)93(128)21-10-31-105)135-67-82-59-117(47-49-132-82)71(4)50-73-52-77-18-7-14-70(3)97(77)91(54-73)120-39-29-85-88(62-120)112-102(114-100(85)123-42-45-126(80(57-123)25-35-109)94(129)22-11-32-106)134-66-81-58-116(46-48-131-81)36-26-72-51-76-17-6-13-69(2)96(76)90(53-72)119-38-28-84-87(61-119)110-101(133-65-74-63-130-64-74)113-98(84)121-40-43-124(78(55-121)23-33-107)92(127)20-9-30-104/h5-22,51-54,71,74,78-82H,23-32,36-50,55-67H2,1-4H3/b20-9+,21-10+,22-11+/t71?,78-,79-,80-,81?,82?/m0/s1. The Kier molecular flexibility index (Phi) is 29.1. The number of ether oxygens (including phenoxy) is 6. The molecular weight excluding hydrogens is 1720 g/mol. The largest absolute Gasteiger partial charge is 0.463 e. The molecule has 3 amide bonds. The van der Waals surface area contributed by atoms with Crippen molar-refractivity contribution in [2.24, 2.45) is 5.92 Å². The van der Waals surface area contributed by atoms with Crippen molar-refractivity contribution in [3.8, 4) is 36.2 Å². The SMILES string of the molecule is Cc1cccc2cc(CCN3CCOC(COc4nc5c(c(N6CCN(C(=O)/C=C/CF)[C@@H](CC#N)C6)n4)CCN(c4cc(CC(C)N6CCOC(COc7nc8c(c(N9CCN(C(=O)/C=C/CF)[C@@H](CC#N)C9)n7)CCN(c7cccc9cccc(C)c79)C8)C6)cc6cccc(C)c46)C5)C3)cc(N3CCc4c(nc(OCC5COC5)nc4N4CCN(C(=O)/C=C/CF)[C@@H](CC#N)C4)C3)c12. The highest BCUT2D eigenvalue weighted by atomic mass is 19.1. The average Bonchev–Trinajstić information content (AvgIpc) is 0.767. The minimum atomic E-state index is -0.780. The van der Waals surface area contributed by atoms with E-state index in [0.717, 1.165) is 128 Å². The molecule has 0 saturated carbocycles. The molecule has 6 aromatic carbocycles. The Morgan fingerprint density at radius 2 is 0.867 bits per heavy atom. The number of allylic oxidation sites excluding steroid dienone is 3. The number of halogens is 3. The van der Waals surface area contributed by atoms with E-state index in [0.29, 0.717) is 169 Å². The van der Waals surface area contributed by atoms with E-state index in [1.165, 1.54) is 63.9 Å². The summed E-state index contributed by atoms with van der Waals surface area (Å²) in [7, 11) is 0. The van der Waals surface area contributed by atoms with Gasteiger partial charge in [-0.15, -0.1) is 0 Å². The van der Waals surface area contributed by atoms with Crippen molar-refractivity contribution in [1.29, 1.82) is 15.8 Å². The summed E-state index contributed by atoms with van der Waals surface area (Å²) in [6.07, 6.45) is 10.4. The number of benzene rings is 6. The van der Waals surface area contributed by atoms with Crippen molar-refractivity contribution in [3.05, 3.63) is 195 Å². The zero-order chi connectivity index (χ0) is 93.2. The fraction of sp³-hybridized carbons (Fsp3) is 0.476. The molecule has 6 saturated heterocycles. The van der Waals surface area contributed by atoms with Gasteiger partial charge in [0.15, 0.2) is 0 Å². The minimum Gasteiger partial charge on any atom is -0.463 e. The van der Waals surface area contributed by atoms with Gasteiger partial charge in [0.1, 0.15) is 62.9 Å². The van der Waals surface area contributed by atoms with Gasteiger partial charge in [0.2, 0.25) is 17.7 Å². The summed E-state index contributed by atoms with van der Waals surface area (Å²) >= 11 is 0. The van der Waals surface area contributed by atoms with Crippen molar-refractivity contribution in [2.45, 2.75) is 135 Å². The molecule has 6 atom stereocenters. The van der Waals surface area contributed by atoms with Crippen molar-refractivity contribution in [1.82, 2.24) is 54.4 Å². The fourth-order valence-corrected chi connectivity index (χ4v) is 21.2. The number of aromatic nitrogens is 6. The van der Waals surface area contributed by atoms with Crippen molar-refractivity contribution in [2.75, 3.05) is 207 Å². The molecule has 29 nitrogen and oxygen atoms in total. The maximum absolute atomic E-state index is 13.6. The first kappa shape index (κ1) is 92.7. The third kappa shape index (κ3) is 20.7. The first-order valence-corrected chi connectivity index (χ1v) is 47.6. The highest BCUT2D eigenvalue weighted by molar-refractivity contribution is 6.00. The Labute approximate surface area is 785 Å². The van der Waals surface area contributed by atoms with Gasteiger partial charge in [0.05, 0.1) is 125 Å². The summed E-state index contributed by atoms with van der Waals surface area (Å²) in [6, 6.07) is 41.4. The van der Waals surface area contributed by atoms with E-state index in [1.807, 2.05) is 0 Å². The van der Waals surface area contributed by atoms with Crippen molar-refractivity contribution < 1.29 is 56.0 Å². The van der Waals surface area contributed by atoms with Crippen LogP contribution in [0.15, 0.2) is 134 Å². The number of carbonyl (C=O) groups excluding carboxylic acids is 3. The number of aryl methyl sites for hydroxylation is 3. The molecule has 9 aliphatic rings. The second-order valence-corrected chi connectivity index (χ2v) is 36.9. The lowest BCUT2D eigenvalue weighted by Crippen LogP contribution is -2.55. The summed E-state index contributed by atoms with van der Waals surface area (Å²) in [6.45, 7) is 19.7. The van der Waals surface area contributed by atoms with E-state index in [9.17, 15) is 43.3 Å². The van der Waals surface area contributed by atoms with Gasteiger partial charge < -0.3 is 72.5 Å². The van der Waals surface area contributed by atoms with Crippen LogP contribution in [0, 0.1) is 60.7 Å². The van der Waals surface area contributed by atoms with E-state index in [1.54, 1.807) is 14.7 Å². The van der Waals surface area contributed by atoms with Gasteiger partial charge in [0.25, 0.3) is 0 Å². The minimum absolute atomic E-state index is 0.0704. The first-order valence-electron chi connectivity index (χ1n) is 47.6. The number of fused-ring (bicyclic) bond motifs is 6. The molecule has 0 aliphatic carbocycles. The van der Waals surface area contributed by atoms with Crippen LogP contribution in [0.25, 0.3) is 32.3 Å². The molecule has 9 aromatic rings. The molecule has 6 fully saturated rings. The topological polar surface area (TPSA) is 291 Å². The zero-order valence-corrected chi connectivity index (χ0v) is 77.4. The van der Waals surface area contributed by atoms with Gasteiger partial charge in [-0.25, -0.2) is 13.2 Å². The molecule has 704 valence electrons. The number of anilines is 6. The third-order valence-corrected chi connectivity index (χ3v) is 28.1. The van der Waals surface area contributed by atoms with E-state index >= 15 is 0 Å². The number of morpholine rings is 2. The van der Waals surface area contributed by atoms with E-state index < -0.39 is 38.1 Å². The molecule has 0 N–H and O–H groups in total. The van der Waals surface area contributed by atoms with Gasteiger partial charge in [-0.1, -0.05) is 78.9 Å². The van der Waals surface area contributed by atoms with Gasteiger partial charge >= 0.3 is 18.0 Å². The first-order chi connectivity index (χ1) is 66.0. The van der Waals surface area contributed by atoms with Crippen LogP contribution >= 0.6 is 0 Å². The number of hydrogen-bond acceptors (Lipinski definition) is 26. The second kappa shape index (κ2) is 42.4. The maximum atomic E-state index is 13.6. The van der Waals surface area contributed by atoms with E-state index in [2.05, 4.69) is 182 Å². The summed E-state index contributed by atoms with van der Waals surface area (Å²) in [5, 5.41) is 37.2. The molecule has 12 heterocycles. The number of carbonyl (C=O) groups is 3. The quantitative estimate of drug-likeness (QED) is 0.0378. The van der Waals surface area contributed by atoms with Crippen molar-refractivity contribution in [3.63, 3.8) is 0 Å². The summed E-state index contributed by atoms with van der Waals surface area (Å²) < 4.78 is 78.4. The number of hydrogen-bond donors (Lipinski definition) is 0. The normalized spacial score (nSPS) is 20.6. The number of nitrogens with zero attached hydrogens (tertiary/aromatic N) is 20. The van der Waals surface area contributed by atoms with Gasteiger partial charge in [0, 0.05) is 191 Å². The molecule has 3 aromatic heterocycles. The molecule has 9 aliphatic heterocycles. The number of alkyl halides is 3. The Morgan fingerprint density at radius 3 is 1.31 bits per heavy atom. The molecule has 0 bridgehead atoms. The lowest BCUT2D eigenvalue weighted by Gasteiger charge is -2.42. The fourth-order valence-electron chi connectivity index (χ4n) is 21.2. The van der Waals surface area contributed by atoms with Crippen LogP contribution in [0.2, 0.25) is 0 Å². The van der Waals surface area contributed by atoms with Crippen LogP contribution in [-0.4, -0.2) is 286 Å². The monoisotopic (exact) mass is 1830 g/mol. The molecule has 32 heteroatoms. The van der Waals surface area contributed by atoms with Crippen LogP contribution in [0.4, 0.5) is 47.7 Å². The van der Waals surface area contributed by atoms with Gasteiger partial charge in [-0.05, 0) is 140 Å². The lowest BCUT2D eigenvalue weighted by molar-refractivity contribution is -0.129. The number of nitriles is 3. The number of piperazine rings is 3. The molecule has 0 spiro atoms. The molecule has 0 radical (unpaired) electrons. The van der Waals surface area contributed by atoms with E-state index in [-0.39, 0.29) is 92.4 Å². The highest BCUT2D eigenvalue weighted by Crippen LogP contribution is 2.43. The summed E-state index contributed by atoms with van der Waals surface area (Å²) in [4.78, 5) is 95.0. The smallest absolute Gasteiger partial charge is 0.318 e. The van der Waals surface area contributed by atoms with Gasteiger partial charge in [-0.3, -0.25) is 24.2 Å². The predicted molar refractivity (Wildman–Crippen MR) is 511 cm³/mol. The van der Waals surface area contributed by atoms with Crippen LogP contribution in [0.1, 0.15) is 87.8 Å². The molecule has 3 unspecified atom stereocenters. The summed E-state index contributed by atoms with van der Waals surface area (Å²) in [5.74, 6) is 1.43. The van der Waals surface area contributed by atoms with Crippen LogP contribution < -0.4 is 43.6 Å². The highest BCUT2D eigenvalue weighted by Gasteiger charge is 2.40. The van der Waals surface area contributed by atoms with Gasteiger partial charge in [-0.2, -0.15) is 45.7 Å². The Balaban J connectivity index is 0.567. The Morgan fingerprint density at radius 1 is 0.459 bits per heavy atom. The summed E-state index contributed by atoms with van der Waals surface area (Å²) in [5.41, 5.74) is 14.7. The number of amides is 3. The van der Waals surface area contributed by atoms with Crippen LogP contribution in [0.5, 0.6) is 18.0 Å². The van der Waals surface area contributed by atoms with Crippen LogP contribution in [0.3, 0.4) is 0 Å². The second-order valence-electron chi connectivity index (χ2n) is 36.9. The zero-order valence-electron chi connectivity index (χ0n) is 77.4.